The van der Waals surface area contributed by atoms with E-state index in [4.69, 9.17) is 27.9 Å². The first-order valence-electron chi connectivity index (χ1n) is 10.1. The molecule has 2 aromatic rings. The molecule has 0 aromatic heterocycles. The van der Waals surface area contributed by atoms with Crippen molar-refractivity contribution in [2.75, 3.05) is 31.3 Å². The molecule has 0 fully saturated rings. The average Bonchev–Trinajstić information content (AvgIpc) is 2.77. The fourth-order valence-electron chi connectivity index (χ4n) is 3.35. The van der Waals surface area contributed by atoms with Crippen molar-refractivity contribution in [3.8, 4) is 5.75 Å². The summed E-state index contributed by atoms with van der Waals surface area (Å²) in [5, 5.41) is 3.26. The number of likely N-dealkylation sites (N-methyl/N-ethyl adjacent to an activating group) is 1. The molecule has 0 heterocycles. The Bertz CT molecular complexity index is 1110. The van der Waals surface area contributed by atoms with Gasteiger partial charge in [-0.25, -0.2) is 8.42 Å². The van der Waals surface area contributed by atoms with Gasteiger partial charge in [-0.15, -0.1) is 0 Å². The molecule has 2 rings (SSSR count). The second-order valence-electron chi connectivity index (χ2n) is 7.24. The zero-order chi connectivity index (χ0) is 24.8. The van der Waals surface area contributed by atoms with Gasteiger partial charge in [-0.2, -0.15) is 0 Å². The van der Waals surface area contributed by atoms with E-state index < -0.39 is 28.5 Å². The van der Waals surface area contributed by atoms with Crippen molar-refractivity contribution >= 4 is 50.7 Å². The zero-order valence-electron chi connectivity index (χ0n) is 18.8. The summed E-state index contributed by atoms with van der Waals surface area (Å²) in [6.45, 7) is 1.23. The Balaban J connectivity index is 2.52. The number of ether oxygens (including phenoxy) is 1. The third kappa shape index (κ3) is 6.75. The normalized spacial score (nSPS) is 12.1. The molecular weight excluding hydrogens is 489 g/mol. The molecule has 8 nitrogen and oxygen atoms in total. The molecule has 0 aliphatic carbocycles. The number of nitrogens with zero attached hydrogens (tertiary/aromatic N) is 2. The first kappa shape index (κ1) is 26.8. The fourth-order valence-corrected chi connectivity index (χ4v) is 4.56. The summed E-state index contributed by atoms with van der Waals surface area (Å²) in [5.41, 5.74) is 0.743. The molecule has 0 unspecified atom stereocenters. The van der Waals surface area contributed by atoms with E-state index >= 15 is 0 Å². The second-order valence-corrected chi connectivity index (χ2v) is 9.99. The summed E-state index contributed by atoms with van der Waals surface area (Å²) in [7, 11) is -1.05. The summed E-state index contributed by atoms with van der Waals surface area (Å²) >= 11 is 12.4. The van der Waals surface area contributed by atoms with Crippen molar-refractivity contribution < 1.29 is 22.7 Å². The number of carbonyl (C=O) groups excluding carboxylic acids is 2. The van der Waals surface area contributed by atoms with E-state index in [-0.39, 0.29) is 28.9 Å². The predicted molar refractivity (Wildman–Crippen MR) is 130 cm³/mol. The van der Waals surface area contributed by atoms with Gasteiger partial charge in [-0.3, -0.25) is 13.9 Å². The molecule has 0 spiro atoms. The maximum atomic E-state index is 13.5. The van der Waals surface area contributed by atoms with Gasteiger partial charge >= 0.3 is 0 Å². The summed E-state index contributed by atoms with van der Waals surface area (Å²) in [4.78, 5) is 27.4. The molecule has 0 bridgehead atoms. The highest BCUT2D eigenvalue weighted by Gasteiger charge is 2.32. The molecule has 1 atom stereocenters. The molecule has 0 saturated carbocycles. The molecule has 33 heavy (non-hydrogen) atoms. The highest BCUT2D eigenvalue weighted by Crippen LogP contribution is 2.33. The van der Waals surface area contributed by atoms with Crippen LogP contribution in [0.4, 0.5) is 5.69 Å². The van der Waals surface area contributed by atoms with Gasteiger partial charge in [0.2, 0.25) is 21.8 Å². The van der Waals surface area contributed by atoms with E-state index in [2.05, 4.69) is 5.32 Å². The fraction of sp³-hybridized carbons (Fsp3) is 0.364. The minimum absolute atomic E-state index is 0.0225. The smallest absolute Gasteiger partial charge is 0.244 e. The Kier molecular flexibility index (Phi) is 9.39. The SMILES string of the molecule is CC[C@H](C(=O)NC)N(Cc1ccccc1Cl)C(=O)CN(c1cc(Cl)ccc1OC)S(C)(=O)=O. The largest absolute Gasteiger partial charge is 0.495 e. The third-order valence-corrected chi connectivity index (χ3v) is 6.75. The molecule has 2 amide bonds. The van der Waals surface area contributed by atoms with Gasteiger partial charge in [-0.1, -0.05) is 48.3 Å². The third-order valence-electron chi connectivity index (χ3n) is 5.02. The van der Waals surface area contributed by atoms with Crippen LogP contribution in [0.3, 0.4) is 0 Å². The number of hydrogen-bond donors (Lipinski definition) is 1. The quantitative estimate of drug-likeness (QED) is 0.523. The number of benzene rings is 2. The Labute approximate surface area is 204 Å². The molecule has 1 N–H and O–H groups in total. The lowest BCUT2D eigenvalue weighted by Crippen LogP contribution is -2.51. The standard InChI is InChI=1S/C22H27Cl2N3O5S/c1-5-18(22(29)25-2)26(13-15-8-6-7-9-17(15)24)21(28)14-27(33(4,30)31)19-12-16(23)10-11-20(19)32-3/h6-12,18H,5,13-14H2,1-4H3,(H,25,29)/t18-/m1/s1. The van der Waals surface area contributed by atoms with Crippen LogP contribution in [0.1, 0.15) is 18.9 Å². The lowest BCUT2D eigenvalue weighted by molar-refractivity contribution is -0.140. The van der Waals surface area contributed by atoms with Gasteiger partial charge in [0.15, 0.2) is 0 Å². The van der Waals surface area contributed by atoms with Crippen molar-refractivity contribution in [1.82, 2.24) is 10.2 Å². The highest BCUT2D eigenvalue weighted by molar-refractivity contribution is 7.92. The Morgan fingerprint density at radius 1 is 1.15 bits per heavy atom. The molecule has 180 valence electrons. The number of amides is 2. The van der Waals surface area contributed by atoms with E-state index in [0.717, 1.165) is 10.6 Å². The molecule has 11 heteroatoms. The number of carbonyl (C=O) groups is 2. The van der Waals surface area contributed by atoms with E-state index in [1.807, 2.05) is 0 Å². The van der Waals surface area contributed by atoms with Crippen LogP contribution in [-0.2, 0) is 26.2 Å². The lowest BCUT2D eigenvalue weighted by Gasteiger charge is -2.33. The number of hydrogen-bond acceptors (Lipinski definition) is 5. The van der Waals surface area contributed by atoms with Crippen molar-refractivity contribution in [2.24, 2.45) is 0 Å². The Hall–Kier alpha value is -2.49. The van der Waals surface area contributed by atoms with Crippen LogP contribution < -0.4 is 14.4 Å². The van der Waals surface area contributed by atoms with Crippen LogP contribution >= 0.6 is 23.2 Å². The first-order chi connectivity index (χ1) is 15.5. The van der Waals surface area contributed by atoms with Crippen molar-refractivity contribution in [1.29, 1.82) is 0 Å². The summed E-state index contributed by atoms with van der Waals surface area (Å²) in [6, 6.07) is 10.6. The Morgan fingerprint density at radius 3 is 2.36 bits per heavy atom. The topological polar surface area (TPSA) is 96.0 Å². The van der Waals surface area contributed by atoms with Gasteiger partial charge in [-0.05, 0) is 36.2 Å². The molecular formula is C22H27Cl2N3O5S. The number of halogens is 2. The van der Waals surface area contributed by atoms with Crippen LogP contribution in [0.2, 0.25) is 10.0 Å². The Morgan fingerprint density at radius 2 is 1.82 bits per heavy atom. The van der Waals surface area contributed by atoms with Crippen molar-refractivity contribution in [3.05, 3.63) is 58.1 Å². The summed E-state index contributed by atoms with van der Waals surface area (Å²) in [5.74, 6) is -0.726. The molecule has 0 saturated heterocycles. The van der Waals surface area contributed by atoms with E-state index in [0.29, 0.717) is 17.0 Å². The zero-order valence-corrected chi connectivity index (χ0v) is 21.2. The number of anilines is 1. The number of rotatable bonds is 10. The van der Waals surface area contributed by atoms with Crippen LogP contribution in [0, 0.1) is 0 Å². The van der Waals surface area contributed by atoms with Crippen LogP contribution in [0.5, 0.6) is 5.75 Å². The minimum Gasteiger partial charge on any atom is -0.495 e. The number of sulfonamides is 1. The van der Waals surface area contributed by atoms with E-state index in [1.54, 1.807) is 37.3 Å². The predicted octanol–water partition coefficient (Wildman–Crippen LogP) is 3.32. The van der Waals surface area contributed by atoms with Gasteiger partial charge in [0.05, 0.1) is 19.1 Å². The maximum Gasteiger partial charge on any atom is 0.244 e. The van der Waals surface area contributed by atoms with Crippen LogP contribution in [-0.4, -0.2) is 58.1 Å². The van der Waals surface area contributed by atoms with Gasteiger partial charge < -0.3 is 15.0 Å². The summed E-state index contributed by atoms with van der Waals surface area (Å²) < 4.78 is 31.5. The van der Waals surface area contributed by atoms with Gasteiger partial charge in [0.1, 0.15) is 18.3 Å². The van der Waals surface area contributed by atoms with Crippen molar-refractivity contribution in [3.63, 3.8) is 0 Å². The summed E-state index contributed by atoms with van der Waals surface area (Å²) in [6.07, 6.45) is 1.30. The maximum absolute atomic E-state index is 13.5. The molecule has 0 aliphatic heterocycles. The average molecular weight is 516 g/mol. The van der Waals surface area contributed by atoms with Crippen LogP contribution in [0.15, 0.2) is 42.5 Å². The molecule has 0 radical (unpaired) electrons. The van der Waals surface area contributed by atoms with Crippen LogP contribution in [0.25, 0.3) is 0 Å². The van der Waals surface area contributed by atoms with E-state index in [1.165, 1.54) is 31.2 Å². The first-order valence-corrected chi connectivity index (χ1v) is 12.7. The van der Waals surface area contributed by atoms with E-state index in [9.17, 15) is 18.0 Å². The molecule has 2 aromatic carbocycles. The van der Waals surface area contributed by atoms with Gasteiger partial charge in [0, 0.05) is 23.6 Å². The lowest BCUT2D eigenvalue weighted by atomic mass is 10.1. The van der Waals surface area contributed by atoms with Crippen molar-refractivity contribution in [2.45, 2.75) is 25.9 Å². The minimum atomic E-state index is -3.91. The monoisotopic (exact) mass is 515 g/mol. The number of nitrogens with one attached hydrogen (secondary N) is 1. The number of methoxy groups -OCH3 is 1. The highest BCUT2D eigenvalue weighted by atomic mass is 35.5. The molecule has 0 aliphatic rings. The second kappa shape index (κ2) is 11.6. The van der Waals surface area contributed by atoms with Gasteiger partial charge in [0.25, 0.3) is 0 Å².